The second-order valence-electron chi connectivity index (χ2n) is 17.8. The summed E-state index contributed by atoms with van der Waals surface area (Å²) >= 11 is 0. The van der Waals surface area contributed by atoms with Gasteiger partial charge in [-0.15, -0.1) is 0 Å². The van der Waals surface area contributed by atoms with E-state index in [4.69, 9.17) is 20.0 Å². The van der Waals surface area contributed by atoms with Gasteiger partial charge < -0.3 is 40.5 Å². The van der Waals surface area contributed by atoms with Gasteiger partial charge in [0.15, 0.2) is 0 Å². The molecule has 0 spiro atoms. The first kappa shape index (κ1) is 51.4. The molecule has 368 valence electrons. The highest BCUT2D eigenvalue weighted by molar-refractivity contribution is 5.95. The standard InChI is InChI=1S/2C28H29N5O3/c2*1-19(22-10-8-21(14-29)9-11-22)15-31-27(23-6-4-3-5-7-23)28(35)32-26-13-12-24(16-30-26)36-25-17-33(18-25)20(2)34/h2*3-13,16,19,25,27,31H,15,17-18H2,1-2H3,(H,30,32,35)/t19-,27+;19-,27-/m11/s1. The maximum absolute atomic E-state index is 13.2. The van der Waals surface area contributed by atoms with Crippen LogP contribution in [0.3, 0.4) is 0 Å². The first-order valence-electron chi connectivity index (χ1n) is 23.8. The number of hydrogen-bond donors (Lipinski definition) is 4. The Morgan fingerprint density at radius 3 is 1.21 bits per heavy atom. The Morgan fingerprint density at radius 1 is 0.542 bits per heavy atom. The van der Waals surface area contributed by atoms with Crippen LogP contribution in [0.1, 0.15) is 85.0 Å². The van der Waals surface area contributed by atoms with Crippen molar-refractivity contribution >= 4 is 35.3 Å². The molecule has 0 saturated carbocycles. The van der Waals surface area contributed by atoms with Gasteiger partial charge in [0.25, 0.3) is 0 Å². The molecule has 0 unspecified atom stereocenters. The van der Waals surface area contributed by atoms with Crippen LogP contribution in [0, 0.1) is 22.7 Å². The Kier molecular flexibility index (Phi) is 17.8. The van der Waals surface area contributed by atoms with Crippen molar-refractivity contribution in [1.82, 2.24) is 30.4 Å². The minimum atomic E-state index is -0.572. The van der Waals surface area contributed by atoms with E-state index in [-0.39, 0.29) is 47.7 Å². The topological polar surface area (TPSA) is 215 Å². The monoisotopic (exact) mass is 966 g/mol. The van der Waals surface area contributed by atoms with Gasteiger partial charge in [-0.2, -0.15) is 10.5 Å². The van der Waals surface area contributed by atoms with Crippen molar-refractivity contribution in [3.05, 3.63) is 179 Å². The zero-order chi connectivity index (χ0) is 51.0. The summed E-state index contributed by atoms with van der Waals surface area (Å²) in [6.07, 6.45) is 3.07. The molecular formula is C56H58N10O6. The maximum atomic E-state index is 13.2. The quantitative estimate of drug-likeness (QED) is 0.0670. The summed E-state index contributed by atoms with van der Waals surface area (Å²) in [5.74, 6) is 1.95. The number of pyridine rings is 2. The lowest BCUT2D eigenvalue weighted by Gasteiger charge is -2.38. The van der Waals surface area contributed by atoms with Crippen LogP contribution in [-0.2, 0) is 19.2 Å². The molecule has 4 atom stereocenters. The minimum Gasteiger partial charge on any atom is -0.485 e. The lowest BCUT2D eigenvalue weighted by Crippen LogP contribution is -2.55. The summed E-state index contributed by atoms with van der Waals surface area (Å²) in [6, 6.07) is 44.1. The molecular weight excluding hydrogens is 909 g/mol. The van der Waals surface area contributed by atoms with Gasteiger partial charge >= 0.3 is 0 Å². The minimum absolute atomic E-state index is 0.0407. The van der Waals surface area contributed by atoms with E-state index in [1.807, 2.05) is 84.9 Å². The fourth-order valence-electron chi connectivity index (χ4n) is 7.98. The zero-order valence-corrected chi connectivity index (χ0v) is 40.7. The van der Waals surface area contributed by atoms with Gasteiger partial charge in [0.1, 0.15) is 47.4 Å². The highest BCUT2D eigenvalue weighted by Gasteiger charge is 2.31. The summed E-state index contributed by atoms with van der Waals surface area (Å²) in [6.45, 7) is 10.6. The Balaban J connectivity index is 0.000000211. The molecule has 16 heteroatoms. The Morgan fingerprint density at radius 2 is 0.903 bits per heavy atom. The number of aromatic nitrogens is 2. The molecule has 4 N–H and O–H groups in total. The molecule has 8 rings (SSSR count). The van der Waals surface area contributed by atoms with E-state index in [2.05, 4.69) is 57.2 Å². The number of rotatable bonds is 18. The van der Waals surface area contributed by atoms with E-state index < -0.39 is 12.1 Å². The Bertz CT molecular complexity index is 2630. The van der Waals surface area contributed by atoms with E-state index >= 15 is 0 Å². The van der Waals surface area contributed by atoms with Crippen molar-refractivity contribution in [2.75, 3.05) is 49.9 Å². The molecule has 6 aromatic rings. The number of nitriles is 2. The van der Waals surface area contributed by atoms with Gasteiger partial charge in [0.2, 0.25) is 23.6 Å². The Hall–Kier alpha value is -8.44. The number of carbonyl (C=O) groups is 4. The lowest BCUT2D eigenvalue weighted by molar-refractivity contribution is -0.138. The Labute approximate surface area is 420 Å². The molecule has 2 aliphatic heterocycles. The van der Waals surface area contributed by atoms with Crippen molar-refractivity contribution in [1.29, 1.82) is 10.5 Å². The predicted molar refractivity (Wildman–Crippen MR) is 273 cm³/mol. The van der Waals surface area contributed by atoms with Gasteiger partial charge in [-0.3, -0.25) is 19.2 Å². The van der Waals surface area contributed by atoms with E-state index in [1.54, 1.807) is 84.6 Å². The van der Waals surface area contributed by atoms with Crippen LogP contribution in [0.4, 0.5) is 11.6 Å². The molecule has 2 fully saturated rings. The van der Waals surface area contributed by atoms with Crippen molar-refractivity contribution < 1.29 is 28.7 Å². The summed E-state index contributed by atoms with van der Waals surface area (Å²) in [5, 5.41) is 30.6. The molecule has 72 heavy (non-hydrogen) atoms. The zero-order valence-electron chi connectivity index (χ0n) is 40.7. The van der Waals surface area contributed by atoms with E-state index in [1.165, 1.54) is 0 Å². The fourth-order valence-corrected chi connectivity index (χ4v) is 7.98. The van der Waals surface area contributed by atoms with E-state index in [9.17, 15) is 19.2 Å². The number of likely N-dealkylation sites (tertiary alicyclic amines) is 2. The van der Waals surface area contributed by atoms with E-state index in [0.29, 0.717) is 73.5 Å². The van der Waals surface area contributed by atoms with E-state index in [0.717, 1.165) is 22.3 Å². The van der Waals surface area contributed by atoms with Crippen LogP contribution in [0.15, 0.2) is 146 Å². The fraction of sp³-hybridized carbons (Fsp3) is 0.286. The SMILES string of the molecule is CC(=O)N1CC(Oc2ccc(NC(=O)[C@@H](NC[C@@H](C)c3ccc(C#N)cc3)c3ccccc3)nc2)C1.CC(=O)N1CC(Oc2ccc(NC(=O)[C@H](NC[C@@H](C)c3ccc(C#N)cc3)c3ccccc3)nc2)C1. The van der Waals surface area contributed by atoms with Crippen LogP contribution >= 0.6 is 0 Å². The molecule has 2 saturated heterocycles. The molecule has 4 heterocycles. The van der Waals surface area contributed by atoms with Gasteiger partial charge in [0, 0.05) is 26.9 Å². The third-order valence-corrected chi connectivity index (χ3v) is 12.4. The third-order valence-electron chi connectivity index (χ3n) is 12.4. The molecule has 16 nitrogen and oxygen atoms in total. The van der Waals surface area contributed by atoms with Gasteiger partial charge in [-0.25, -0.2) is 9.97 Å². The van der Waals surface area contributed by atoms with Crippen molar-refractivity contribution in [2.24, 2.45) is 0 Å². The number of nitrogens with one attached hydrogen (secondary N) is 4. The number of ether oxygens (including phenoxy) is 2. The third kappa shape index (κ3) is 14.3. The molecule has 0 radical (unpaired) electrons. The summed E-state index contributed by atoms with van der Waals surface area (Å²) < 4.78 is 11.7. The van der Waals surface area contributed by atoms with Crippen molar-refractivity contribution in [2.45, 2.75) is 63.8 Å². The number of nitrogens with zero attached hydrogens (tertiary/aromatic N) is 6. The summed E-state index contributed by atoms with van der Waals surface area (Å²) in [7, 11) is 0. The highest BCUT2D eigenvalue weighted by Crippen LogP contribution is 2.24. The molecule has 2 aliphatic rings. The molecule has 2 aromatic heterocycles. The van der Waals surface area contributed by atoms with Crippen LogP contribution in [-0.4, -0.2) is 94.9 Å². The maximum Gasteiger partial charge on any atom is 0.247 e. The van der Waals surface area contributed by atoms with Gasteiger partial charge in [-0.05, 0) is 82.6 Å². The smallest absolute Gasteiger partial charge is 0.247 e. The van der Waals surface area contributed by atoms with Crippen LogP contribution < -0.4 is 30.7 Å². The van der Waals surface area contributed by atoms with Crippen LogP contribution in [0.2, 0.25) is 0 Å². The first-order valence-corrected chi connectivity index (χ1v) is 23.8. The summed E-state index contributed by atoms with van der Waals surface area (Å²) in [4.78, 5) is 61.2. The van der Waals surface area contributed by atoms with Gasteiger partial charge in [-0.1, -0.05) is 98.8 Å². The average Bonchev–Trinajstić information content (AvgIpc) is 3.37. The largest absolute Gasteiger partial charge is 0.485 e. The van der Waals surface area contributed by atoms with Crippen LogP contribution in [0.25, 0.3) is 0 Å². The number of hydrogen-bond acceptors (Lipinski definition) is 12. The van der Waals surface area contributed by atoms with Crippen LogP contribution in [0.5, 0.6) is 11.5 Å². The molecule has 4 aromatic carbocycles. The normalized spacial score (nSPS) is 14.8. The second-order valence-corrected chi connectivity index (χ2v) is 17.8. The first-order chi connectivity index (χ1) is 34.8. The van der Waals surface area contributed by atoms with Crippen molar-refractivity contribution in [3.8, 4) is 23.6 Å². The highest BCUT2D eigenvalue weighted by atomic mass is 16.5. The second kappa shape index (κ2) is 24.9. The van der Waals surface area contributed by atoms with Gasteiger partial charge in [0.05, 0.1) is 61.8 Å². The molecule has 0 bridgehead atoms. The number of amides is 4. The van der Waals surface area contributed by atoms with Crippen molar-refractivity contribution in [3.63, 3.8) is 0 Å². The number of benzene rings is 4. The summed E-state index contributed by atoms with van der Waals surface area (Å²) in [5.41, 5.74) is 5.11. The lowest BCUT2D eigenvalue weighted by atomic mass is 9.98. The molecule has 4 amide bonds. The number of anilines is 2. The predicted octanol–water partition coefficient (Wildman–Crippen LogP) is 7.27. The number of carbonyl (C=O) groups excluding carboxylic acids is 4. The molecule has 0 aliphatic carbocycles. The average molecular weight is 967 g/mol.